The molecule has 2 aliphatic heterocycles. The van der Waals surface area contributed by atoms with E-state index in [2.05, 4.69) is 67.0 Å². The third-order valence-corrected chi connectivity index (χ3v) is 6.74. The maximum atomic E-state index is 11.1. The summed E-state index contributed by atoms with van der Waals surface area (Å²) in [6, 6.07) is 8.47. The SMILES string of the molecule is C=C(c1cn2cc(Br)nc(OC)c2n1)N1CC[C@]2(Cc3ccccc3CN2)[C@H](O)C1. The maximum absolute atomic E-state index is 11.1. The Kier molecular flexibility index (Phi) is 4.80. The Hall–Kier alpha value is -2.42. The normalized spacial score (nSPS) is 23.6. The number of aliphatic hydroxyl groups is 1. The number of piperidine rings is 1. The molecule has 1 saturated heterocycles. The summed E-state index contributed by atoms with van der Waals surface area (Å²) in [4.78, 5) is 11.1. The van der Waals surface area contributed by atoms with E-state index >= 15 is 0 Å². The molecule has 2 atom stereocenters. The molecule has 5 rings (SSSR count). The first kappa shape index (κ1) is 19.5. The van der Waals surface area contributed by atoms with Crippen molar-refractivity contribution in [3.05, 3.63) is 64.7 Å². The smallest absolute Gasteiger partial charge is 0.259 e. The quantitative estimate of drug-likeness (QED) is 0.613. The molecule has 30 heavy (non-hydrogen) atoms. The highest BCUT2D eigenvalue weighted by atomic mass is 79.9. The highest BCUT2D eigenvalue weighted by Crippen LogP contribution is 2.34. The number of aliphatic hydroxyl groups excluding tert-OH is 1. The second kappa shape index (κ2) is 7.37. The lowest BCUT2D eigenvalue weighted by Gasteiger charge is -2.49. The Bertz CT molecular complexity index is 1130. The van der Waals surface area contributed by atoms with E-state index in [4.69, 9.17) is 4.74 Å². The molecule has 1 aromatic carbocycles. The first-order valence-electron chi connectivity index (χ1n) is 10.0. The molecule has 0 saturated carbocycles. The monoisotopic (exact) mass is 469 g/mol. The van der Waals surface area contributed by atoms with Gasteiger partial charge in [-0.15, -0.1) is 0 Å². The highest BCUT2D eigenvalue weighted by Gasteiger charge is 2.44. The van der Waals surface area contributed by atoms with E-state index in [0.717, 1.165) is 37.3 Å². The zero-order valence-electron chi connectivity index (χ0n) is 16.8. The first-order chi connectivity index (χ1) is 14.5. The number of aromatic nitrogens is 3. The standard InChI is InChI=1S/C22H24BrN5O2/c1-14(17-11-28-13-19(23)26-21(30-2)20(28)25-17)27-8-7-22(18(29)12-27)9-15-5-3-4-6-16(15)10-24-22/h3-6,11,13,18,24,29H,1,7-10,12H2,2H3/t18-,22+/m1/s1. The Morgan fingerprint density at radius 2 is 2.10 bits per heavy atom. The van der Waals surface area contributed by atoms with Gasteiger partial charge < -0.3 is 20.1 Å². The van der Waals surface area contributed by atoms with Crippen molar-refractivity contribution >= 4 is 27.3 Å². The Labute approximate surface area is 183 Å². The predicted octanol–water partition coefficient (Wildman–Crippen LogP) is 2.62. The van der Waals surface area contributed by atoms with Crippen LogP contribution in [0.25, 0.3) is 11.3 Å². The minimum absolute atomic E-state index is 0.290. The van der Waals surface area contributed by atoms with Gasteiger partial charge in [0, 0.05) is 32.0 Å². The van der Waals surface area contributed by atoms with Crippen LogP contribution in [0.4, 0.5) is 0 Å². The molecule has 4 heterocycles. The molecule has 0 bridgehead atoms. The van der Waals surface area contributed by atoms with Crippen molar-refractivity contribution in [2.24, 2.45) is 0 Å². The van der Waals surface area contributed by atoms with Crippen LogP contribution in [0.15, 0.2) is 47.8 Å². The van der Waals surface area contributed by atoms with Gasteiger partial charge in [0.25, 0.3) is 5.88 Å². The summed E-state index contributed by atoms with van der Waals surface area (Å²) in [6.07, 6.45) is 4.93. The van der Waals surface area contributed by atoms with Crippen LogP contribution in [-0.2, 0) is 13.0 Å². The van der Waals surface area contributed by atoms with Crippen LogP contribution in [0.5, 0.6) is 5.88 Å². The number of likely N-dealkylation sites (tertiary alicyclic amines) is 1. The average molecular weight is 470 g/mol. The van der Waals surface area contributed by atoms with E-state index in [-0.39, 0.29) is 5.54 Å². The fourth-order valence-corrected chi connectivity index (χ4v) is 4.97. The third-order valence-electron chi connectivity index (χ3n) is 6.36. The lowest BCUT2D eigenvalue weighted by Crippen LogP contribution is -2.64. The van der Waals surface area contributed by atoms with E-state index in [1.165, 1.54) is 11.1 Å². The van der Waals surface area contributed by atoms with Crippen LogP contribution in [0.1, 0.15) is 23.2 Å². The van der Waals surface area contributed by atoms with E-state index in [0.29, 0.717) is 22.7 Å². The van der Waals surface area contributed by atoms with Crippen molar-refractivity contribution < 1.29 is 9.84 Å². The van der Waals surface area contributed by atoms with Gasteiger partial charge in [0.15, 0.2) is 0 Å². The molecule has 0 unspecified atom stereocenters. The van der Waals surface area contributed by atoms with Crippen LogP contribution < -0.4 is 10.1 Å². The zero-order chi connectivity index (χ0) is 20.9. The van der Waals surface area contributed by atoms with Gasteiger partial charge in [-0.25, -0.2) is 9.97 Å². The number of rotatable bonds is 3. The predicted molar refractivity (Wildman–Crippen MR) is 118 cm³/mol. The lowest BCUT2D eigenvalue weighted by molar-refractivity contribution is -0.00184. The van der Waals surface area contributed by atoms with Crippen LogP contribution in [0, 0.1) is 0 Å². The minimum Gasteiger partial charge on any atom is -0.478 e. The molecule has 2 N–H and O–H groups in total. The summed E-state index contributed by atoms with van der Waals surface area (Å²) in [5.74, 6) is 0.450. The molecule has 8 heteroatoms. The second-order valence-corrected chi connectivity index (χ2v) is 8.86. The number of nitrogens with zero attached hydrogens (tertiary/aromatic N) is 4. The number of β-amino-alcohol motifs (C(OH)–C–C–N with tert-alkyl or cyclic N) is 1. The topological polar surface area (TPSA) is 74.9 Å². The molecule has 1 spiro atoms. The average Bonchev–Trinajstić information content (AvgIpc) is 3.18. The largest absolute Gasteiger partial charge is 0.478 e. The summed E-state index contributed by atoms with van der Waals surface area (Å²) in [6.45, 7) is 6.38. The molecule has 2 aliphatic rings. The van der Waals surface area contributed by atoms with Gasteiger partial charge in [-0.05, 0) is 39.9 Å². The Balaban J connectivity index is 1.36. The minimum atomic E-state index is -0.501. The number of ether oxygens (including phenoxy) is 1. The van der Waals surface area contributed by atoms with Crippen molar-refractivity contribution in [3.8, 4) is 5.88 Å². The van der Waals surface area contributed by atoms with Crippen LogP contribution in [-0.4, -0.2) is 56.2 Å². The van der Waals surface area contributed by atoms with Crippen molar-refractivity contribution in [3.63, 3.8) is 0 Å². The zero-order valence-corrected chi connectivity index (χ0v) is 18.4. The van der Waals surface area contributed by atoms with Gasteiger partial charge in [-0.3, -0.25) is 4.40 Å². The summed E-state index contributed by atoms with van der Waals surface area (Å²) < 4.78 is 7.89. The fourth-order valence-electron chi connectivity index (χ4n) is 4.59. The number of hydrogen-bond acceptors (Lipinski definition) is 6. The van der Waals surface area contributed by atoms with Crippen molar-refractivity contribution in [2.75, 3.05) is 20.2 Å². The Morgan fingerprint density at radius 1 is 1.30 bits per heavy atom. The van der Waals surface area contributed by atoms with Gasteiger partial charge >= 0.3 is 0 Å². The van der Waals surface area contributed by atoms with E-state index in [1.807, 2.05) is 16.8 Å². The van der Waals surface area contributed by atoms with E-state index in [9.17, 15) is 5.11 Å². The molecule has 1 fully saturated rings. The van der Waals surface area contributed by atoms with Crippen LogP contribution in [0.3, 0.4) is 0 Å². The van der Waals surface area contributed by atoms with E-state index in [1.54, 1.807) is 7.11 Å². The number of fused-ring (bicyclic) bond motifs is 2. The molecule has 7 nitrogen and oxygen atoms in total. The van der Waals surface area contributed by atoms with Gasteiger partial charge in [-0.1, -0.05) is 30.8 Å². The number of imidazole rings is 1. The van der Waals surface area contributed by atoms with Crippen LogP contribution >= 0.6 is 15.9 Å². The molecule has 156 valence electrons. The molecular formula is C22H24BrN5O2. The maximum Gasteiger partial charge on any atom is 0.259 e. The van der Waals surface area contributed by atoms with Gasteiger partial charge in [0.05, 0.1) is 24.4 Å². The van der Waals surface area contributed by atoms with Gasteiger partial charge in [-0.2, -0.15) is 0 Å². The summed E-state index contributed by atoms with van der Waals surface area (Å²) in [5, 5.41) is 14.8. The van der Waals surface area contributed by atoms with Crippen molar-refractivity contribution in [1.82, 2.24) is 24.6 Å². The summed E-state index contributed by atoms with van der Waals surface area (Å²) in [5.41, 5.74) is 4.53. The van der Waals surface area contributed by atoms with Crippen LogP contribution in [0.2, 0.25) is 0 Å². The number of benzene rings is 1. The lowest BCUT2D eigenvalue weighted by atomic mass is 9.76. The molecule has 3 aromatic rings. The summed E-state index contributed by atoms with van der Waals surface area (Å²) >= 11 is 3.39. The van der Waals surface area contributed by atoms with Gasteiger partial charge in [0.1, 0.15) is 10.3 Å². The second-order valence-electron chi connectivity index (χ2n) is 8.04. The third kappa shape index (κ3) is 3.19. The fraction of sp³-hybridized carbons (Fsp3) is 0.364. The molecule has 0 aliphatic carbocycles. The van der Waals surface area contributed by atoms with Crippen molar-refractivity contribution in [2.45, 2.75) is 31.0 Å². The highest BCUT2D eigenvalue weighted by molar-refractivity contribution is 9.10. The number of nitrogens with one attached hydrogen (secondary N) is 1. The first-order valence-corrected chi connectivity index (χ1v) is 10.8. The molecular weight excluding hydrogens is 446 g/mol. The summed E-state index contributed by atoms with van der Waals surface area (Å²) in [7, 11) is 1.58. The van der Waals surface area contributed by atoms with Gasteiger partial charge in [0.2, 0.25) is 5.65 Å². The molecule has 0 amide bonds. The number of halogens is 1. The van der Waals surface area contributed by atoms with Crippen molar-refractivity contribution in [1.29, 1.82) is 0 Å². The molecule has 2 aromatic heterocycles. The van der Waals surface area contributed by atoms with E-state index < -0.39 is 6.10 Å². The number of methoxy groups -OCH3 is 1. The Morgan fingerprint density at radius 3 is 2.87 bits per heavy atom. The number of hydrogen-bond donors (Lipinski definition) is 2. The molecule has 0 radical (unpaired) electrons.